The first-order chi connectivity index (χ1) is 6.97. The lowest BCUT2D eigenvalue weighted by Gasteiger charge is -2.06. The molecule has 0 aliphatic heterocycles. The highest BCUT2D eigenvalue weighted by Gasteiger charge is 2.23. The molecule has 0 unspecified atom stereocenters. The van der Waals surface area contributed by atoms with Gasteiger partial charge in [0.05, 0.1) is 16.2 Å². The molecule has 1 rings (SSSR count). The van der Waals surface area contributed by atoms with Gasteiger partial charge in [-0.05, 0) is 28.7 Å². The Morgan fingerprint density at radius 1 is 1.60 bits per heavy atom. The summed E-state index contributed by atoms with van der Waals surface area (Å²) < 4.78 is 41.9. The summed E-state index contributed by atoms with van der Waals surface area (Å²) in [5.74, 6) is -1.99. The van der Waals surface area contributed by atoms with E-state index in [-0.39, 0.29) is 3.57 Å². The van der Waals surface area contributed by atoms with Crippen LogP contribution in [0.2, 0.25) is 0 Å². The van der Waals surface area contributed by atoms with Crippen molar-refractivity contribution in [1.29, 1.82) is 0 Å². The summed E-state index contributed by atoms with van der Waals surface area (Å²) in [6.45, 7) is 0. The van der Waals surface area contributed by atoms with Crippen LogP contribution in [0, 0.1) is 9.52 Å². The number of carbonyl (C=O) groups excluding carboxylic acids is 1. The van der Waals surface area contributed by atoms with Gasteiger partial charge in [0.15, 0.2) is 0 Å². The van der Waals surface area contributed by atoms with Gasteiger partial charge >= 0.3 is 5.97 Å². The highest BCUT2D eigenvalue weighted by molar-refractivity contribution is 14.1. The van der Waals surface area contributed by atoms with Gasteiger partial charge in [0.25, 0.3) is 6.43 Å². The summed E-state index contributed by atoms with van der Waals surface area (Å²) in [4.78, 5) is 14.1. The highest BCUT2D eigenvalue weighted by Crippen LogP contribution is 2.24. The number of alkyl halides is 2. The van der Waals surface area contributed by atoms with Gasteiger partial charge in [-0.1, -0.05) is 0 Å². The van der Waals surface area contributed by atoms with Crippen LogP contribution in [0.5, 0.6) is 0 Å². The van der Waals surface area contributed by atoms with Gasteiger partial charge in [-0.2, -0.15) is 4.39 Å². The summed E-state index contributed by atoms with van der Waals surface area (Å²) in [6, 6.07) is 0.982. The normalized spacial score (nSPS) is 10.5. The number of methoxy groups -OCH3 is 1. The van der Waals surface area contributed by atoms with E-state index in [1.54, 1.807) is 22.6 Å². The molecule has 1 heterocycles. The molecule has 0 fully saturated rings. The molecule has 0 spiro atoms. The zero-order valence-electron chi connectivity index (χ0n) is 7.43. The average Bonchev–Trinajstić information content (AvgIpc) is 2.20. The van der Waals surface area contributed by atoms with Crippen LogP contribution in [-0.4, -0.2) is 18.1 Å². The summed E-state index contributed by atoms with van der Waals surface area (Å²) in [5, 5.41) is 0. The lowest BCUT2D eigenvalue weighted by Crippen LogP contribution is -2.10. The molecular weight excluding hydrogens is 326 g/mol. The quantitative estimate of drug-likeness (QED) is 0.475. The lowest BCUT2D eigenvalue weighted by atomic mass is 10.2. The van der Waals surface area contributed by atoms with E-state index in [1.165, 1.54) is 0 Å². The van der Waals surface area contributed by atoms with Crippen LogP contribution < -0.4 is 0 Å². The first kappa shape index (κ1) is 12.2. The number of esters is 1. The SMILES string of the molecule is COC(=O)c1cc(I)c(F)nc1C(F)F. The molecule has 82 valence electrons. The van der Waals surface area contributed by atoms with Crippen LogP contribution in [0.4, 0.5) is 13.2 Å². The van der Waals surface area contributed by atoms with Crippen LogP contribution >= 0.6 is 22.6 Å². The second-order valence-corrected chi connectivity index (χ2v) is 3.65. The van der Waals surface area contributed by atoms with Crippen LogP contribution in [0.3, 0.4) is 0 Å². The maximum absolute atomic E-state index is 12.9. The Morgan fingerprint density at radius 2 is 2.20 bits per heavy atom. The number of halogens is 4. The third-order valence-electron chi connectivity index (χ3n) is 1.57. The Hall–Kier alpha value is -0.860. The van der Waals surface area contributed by atoms with Crippen LogP contribution in [0.1, 0.15) is 22.5 Å². The minimum absolute atomic E-state index is 0.0163. The first-order valence-corrected chi connectivity index (χ1v) is 4.77. The number of hydrogen-bond donors (Lipinski definition) is 0. The minimum atomic E-state index is -3.02. The zero-order valence-corrected chi connectivity index (χ0v) is 9.59. The van der Waals surface area contributed by atoms with Crippen molar-refractivity contribution in [2.45, 2.75) is 6.43 Å². The molecule has 0 aliphatic rings. The fourth-order valence-electron chi connectivity index (χ4n) is 0.919. The highest BCUT2D eigenvalue weighted by atomic mass is 127. The molecule has 3 nitrogen and oxygen atoms in total. The predicted molar refractivity (Wildman–Crippen MR) is 53.2 cm³/mol. The molecule has 0 bridgehead atoms. The van der Waals surface area contributed by atoms with Gasteiger partial charge in [-0.15, -0.1) is 0 Å². The van der Waals surface area contributed by atoms with Crippen molar-refractivity contribution in [3.63, 3.8) is 0 Å². The van der Waals surface area contributed by atoms with Crippen molar-refractivity contribution in [2.24, 2.45) is 0 Å². The third-order valence-corrected chi connectivity index (χ3v) is 2.33. The topological polar surface area (TPSA) is 39.2 Å². The van der Waals surface area contributed by atoms with Gasteiger partial charge in [0.2, 0.25) is 5.95 Å². The summed E-state index contributed by atoms with van der Waals surface area (Å²) in [6.07, 6.45) is -3.02. The van der Waals surface area contributed by atoms with Crippen molar-refractivity contribution in [1.82, 2.24) is 4.98 Å². The van der Waals surface area contributed by atoms with Gasteiger partial charge < -0.3 is 4.74 Å². The molecule has 0 aliphatic carbocycles. The Morgan fingerprint density at radius 3 is 2.67 bits per heavy atom. The second kappa shape index (κ2) is 4.77. The monoisotopic (exact) mass is 331 g/mol. The van der Waals surface area contributed by atoms with Gasteiger partial charge in [0, 0.05) is 0 Å². The Balaban J connectivity index is 3.34. The average molecular weight is 331 g/mol. The van der Waals surface area contributed by atoms with Gasteiger partial charge in [-0.3, -0.25) is 0 Å². The molecular formula is C8H5F3INO2. The number of carbonyl (C=O) groups is 1. The molecule has 7 heteroatoms. The van der Waals surface area contributed by atoms with Crippen LogP contribution in [-0.2, 0) is 4.74 Å². The van der Waals surface area contributed by atoms with Gasteiger partial charge in [-0.25, -0.2) is 18.6 Å². The zero-order chi connectivity index (χ0) is 11.6. The first-order valence-electron chi connectivity index (χ1n) is 3.69. The molecule has 0 N–H and O–H groups in total. The smallest absolute Gasteiger partial charge is 0.339 e. The van der Waals surface area contributed by atoms with Crippen molar-refractivity contribution >= 4 is 28.6 Å². The summed E-state index contributed by atoms with van der Waals surface area (Å²) >= 11 is 1.55. The molecule has 15 heavy (non-hydrogen) atoms. The van der Waals surface area contributed by atoms with E-state index in [2.05, 4.69) is 9.72 Å². The number of nitrogens with zero attached hydrogens (tertiary/aromatic N) is 1. The maximum atomic E-state index is 12.9. The van der Waals surface area contributed by atoms with Crippen molar-refractivity contribution in [2.75, 3.05) is 7.11 Å². The number of aromatic nitrogens is 1. The van der Waals surface area contributed by atoms with Gasteiger partial charge in [0.1, 0.15) is 5.69 Å². The summed E-state index contributed by atoms with van der Waals surface area (Å²) in [7, 11) is 1.05. The van der Waals surface area contributed by atoms with Crippen molar-refractivity contribution in [3.8, 4) is 0 Å². The standard InChI is InChI=1S/C8H5F3INO2/c1-15-8(14)3-2-4(12)7(11)13-5(3)6(9)10/h2,6H,1H3. The van der Waals surface area contributed by atoms with E-state index in [0.717, 1.165) is 13.2 Å². The largest absolute Gasteiger partial charge is 0.465 e. The molecule has 0 radical (unpaired) electrons. The molecule has 0 amide bonds. The van der Waals surface area contributed by atoms with Crippen LogP contribution in [0.15, 0.2) is 6.07 Å². The second-order valence-electron chi connectivity index (χ2n) is 2.49. The van der Waals surface area contributed by atoms with Crippen molar-refractivity contribution in [3.05, 3.63) is 26.8 Å². The van der Waals surface area contributed by atoms with Crippen LogP contribution in [0.25, 0.3) is 0 Å². The van der Waals surface area contributed by atoms with E-state index in [0.29, 0.717) is 0 Å². The summed E-state index contributed by atoms with van der Waals surface area (Å²) in [5.41, 5.74) is -1.32. The number of rotatable bonds is 2. The predicted octanol–water partition coefficient (Wildman–Crippen LogP) is 2.55. The van der Waals surface area contributed by atoms with E-state index >= 15 is 0 Å². The third kappa shape index (κ3) is 2.58. The number of pyridine rings is 1. The molecule has 0 aromatic carbocycles. The van der Waals surface area contributed by atoms with Crippen molar-refractivity contribution < 1.29 is 22.7 Å². The molecule has 1 aromatic rings. The Kier molecular flexibility index (Phi) is 3.89. The number of ether oxygens (including phenoxy) is 1. The minimum Gasteiger partial charge on any atom is -0.465 e. The van der Waals surface area contributed by atoms with E-state index < -0.39 is 29.6 Å². The van der Waals surface area contributed by atoms with E-state index in [9.17, 15) is 18.0 Å². The van der Waals surface area contributed by atoms with E-state index in [1.807, 2.05) is 0 Å². The maximum Gasteiger partial charge on any atom is 0.339 e. The number of hydrogen-bond acceptors (Lipinski definition) is 3. The fraction of sp³-hybridized carbons (Fsp3) is 0.250. The molecule has 0 atom stereocenters. The Bertz CT molecular complexity index is 398. The lowest BCUT2D eigenvalue weighted by molar-refractivity contribution is 0.0586. The molecule has 1 aromatic heterocycles. The Labute approximate surface area is 96.8 Å². The molecule has 0 saturated carbocycles. The fourth-order valence-corrected chi connectivity index (χ4v) is 1.35. The molecule has 0 saturated heterocycles. The van der Waals surface area contributed by atoms with E-state index in [4.69, 9.17) is 0 Å².